The fraction of sp³-hybridized carbons (Fsp3) is 0.348. The second kappa shape index (κ2) is 10.5. The molecule has 1 amide bonds. The lowest BCUT2D eigenvalue weighted by molar-refractivity contribution is 0.0938. The molecule has 2 aromatic rings. The fourth-order valence-electron chi connectivity index (χ4n) is 3.15. The number of nitrogens with two attached hydrogens (primary N) is 1. The Labute approximate surface area is 174 Å². The molecule has 6 heteroatoms. The lowest BCUT2D eigenvalue weighted by Gasteiger charge is -2.20. The van der Waals surface area contributed by atoms with Crippen LogP contribution in [0.25, 0.3) is 5.57 Å². The lowest BCUT2D eigenvalue weighted by Crippen LogP contribution is -2.40. The summed E-state index contributed by atoms with van der Waals surface area (Å²) >= 11 is 0. The first-order valence-corrected chi connectivity index (χ1v) is 9.50. The molecular formula is C23H32N2O4. The quantitative estimate of drug-likeness (QED) is 0.669. The van der Waals surface area contributed by atoms with Gasteiger partial charge in [0.25, 0.3) is 5.91 Å². The molecule has 0 saturated carbocycles. The van der Waals surface area contributed by atoms with Gasteiger partial charge in [-0.15, -0.1) is 0 Å². The van der Waals surface area contributed by atoms with Crippen molar-refractivity contribution in [2.75, 3.05) is 27.9 Å². The van der Waals surface area contributed by atoms with Gasteiger partial charge in [0.1, 0.15) is 5.75 Å². The number of aryl methyl sites for hydroxylation is 1. The smallest absolute Gasteiger partial charge is 0.251 e. The molecule has 0 aromatic heterocycles. The van der Waals surface area contributed by atoms with Gasteiger partial charge in [-0.05, 0) is 61.2 Å². The predicted octanol–water partition coefficient (Wildman–Crippen LogP) is 3.82. The van der Waals surface area contributed by atoms with Crippen LogP contribution in [0.15, 0.2) is 42.5 Å². The van der Waals surface area contributed by atoms with E-state index in [4.69, 9.17) is 19.9 Å². The molecule has 3 N–H and O–H groups in total. The van der Waals surface area contributed by atoms with E-state index in [1.54, 1.807) is 33.5 Å². The molecule has 2 aromatic carbocycles. The molecule has 1 atom stereocenters. The third-order valence-corrected chi connectivity index (χ3v) is 4.87. The highest BCUT2D eigenvalue weighted by molar-refractivity contribution is 5.96. The molecule has 0 radical (unpaired) electrons. The monoisotopic (exact) mass is 400 g/mol. The number of rotatable bonds is 9. The molecule has 0 aliphatic heterocycles. The first-order valence-electron chi connectivity index (χ1n) is 9.50. The van der Waals surface area contributed by atoms with Gasteiger partial charge in [-0.2, -0.15) is 0 Å². The SMILES string of the molecule is C/C=C(\CC(CN)NC(=O)c1cc(OC)c(OC)cc1C)c1ccc(OC)cc1.[HH]. The zero-order valence-corrected chi connectivity index (χ0v) is 17.7. The van der Waals surface area contributed by atoms with Crippen LogP contribution >= 0.6 is 0 Å². The van der Waals surface area contributed by atoms with Gasteiger partial charge in [-0.3, -0.25) is 4.79 Å². The highest BCUT2D eigenvalue weighted by Crippen LogP contribution is 2.30. The van der Waals surface area contributed by atoms with Gasteiger partial charge >= 0.3 is 0 Å². The first-order chi connectivity index (χ1) is 14.0. The molecule has 0 heterocycles. The molecule has 0 fully saturated rings. The van der Waals surface area contributed by atoms with Gasteiger partial charge in [0.2, 0.25) is 0 Å². The topological polar surface area (TPSA) is 82.8 Å². The standard InChI is InChI=1S/C23H30N2O4.H2/c1-6-16(17-7-9-19(27-3)10-8-17)12-18(14-24)25-23(26)20-13-22(29-5)21(28-4)11-15(20)2;/h6-11,13,18H,12,14,24H2,1-5H3,(H,25,26);1H/b16-6+;. The Kier molecular flexibility index (Phi) is 8.09. The van der Waals surface area contributed by atoms with Crippen molar-refractivity contribution in [1.29, 1.82) is 0 Å². The molecule has 2 rings (SSSR count). The minimum Gasteiger partial charge on any atom is -0.497 e. The Morgan fingerprint density at radius 1 is 1.10 bits per heavy atom. The number of methoxy groups -OCH3 is 3. The number of hydrogen-bond acceptors (Lipinski definition) is 5. The molecule has 29 heavy (non-hydrogen) atoms. The van der Waals surface area contributed by atoms with Crippen LogP contribution in [0.5, 0.6) is 17.2 Å². The zero-order chi connectivity index (χ0) is 21.4. The van der Waals surface area contributed by atoms with Crippen molar-refractivity contribution in [2.24, 2.45) is 5.73 Å². The fourth-order valence-corrected chi connectivity index (χ4v) is 3.15. The van der Waals surface area contributed by atoms with E-state index >= 15 is 0 Å². The van der Waals surface area contributed by atoms with Crippen LogP contribution in [0.3, 0.4) is 0 Å². The van der Waals surface area contributed by atoms with Crippen LogP contribution in [0.4, 0.5) is 0 Å². The van der Waals surface area contributed by atoms with E-state index in [-0.39, 0.29) is 13.4 Å². The second-order valence-electron chi connectivity index (χ2n) is 6.67. The average molecular weight is 401 g/mol. The minimum absolute atomic E-state index is 0. The lowest BCUT2D eigenvalue weighted by atomic mass is 9.97. The summed E-state index contributed by atoms with van der Waals surface area (Å²) in [5.41, 5.74) is 9.47. The minimum atomic E-state index is -0.205. The number of ether oxygens (including phenoxy) is 3. The largest absolute Gasteiger partial charge is 0.497 e. The van der Waals surface area contributed by atoms with Gasteiger partial charge in [0.15, 0.2) is 11.5 Å². The molecule has 0 aliphatic carbocycles. The number of benzene rings is 2. The van der Waals surface area contributed by atoms with Gasteiger partial charge in [0, 0.05) is 19.6 Å². The summed E-state index contributed by atoms with van der Waals surface area (Å²) in [7, 11) is 4.76. The zero-order valence-electron chi connectivity index (χ0n) is 17.7. The number of carbonyl (C=O) groups excluding carboxylic acids is 1. The summed E-state index contributed by atoms with van der Waals surface area (Å²) in [6.07, 6.45) is 2.66. The molecule has 0 bridgehead atoms. The second-order valence-corrected chi connectivity index (χ2v) is 6.67. The van der Waals surface area contributed by atoms with Crippen molar-refractivity contribution in [2.45, 2.75) is 26.3 Å². The maximum Gasteiger partial charge on any atom is 0.251 e. The Morgan fingerprint density at radius 2 is 1.72 bits per heavy atom. The van der Waals surface area contributed by atoms with Gasteiger partial charge < -0.3 is 25.3 Å². The summed E-state index contributed by atoms with van der Waals surface area (Å²) < 4.78 is 15.8. The normalized spacial score (nSPS) is 12.3. The van der Waals surface area contributed by atoms with E-state index in [0.717, 1.165) is 22.4 Å². The third-order valence-electron chi connectivity index (χ3n) is 4.87. The average Bonchev–Trinajstić information content (AvgIpc) is 2.76. The van der Waals surface area contributed by atoms with E-state index in [0.29, 0.717) is 30.0 Å². The molecule has 158 valence electrons. The Morgan fingerprint density at radius 3 is 2.24 bits per heavy atom. The molecule has 0 spiro atoms. The maximum atomic E-state index is 12.9. The highest BCUT2D eigenvalue weighted by atomic mass is 16.5. The van der Waals surface area contributed by atoms with Crippen molar-refractivity contribution < 1.29 is 20.4 Å². The third kappa shape index (κ3) is 5.51. The van der Waals surface area contributed by atoms with Crippen molar-refractivity contribution >= 4 is 11.5 Å². The van der Waals surface area contributed by atoms with Crippen molar-refractivity contribution in [3.63, 3.8) is 0 Å². The number of nitrogens with one attached hydrogen (secondary N) is 1. The Balaban J connectivity index is 0.00000450. The predicted molar refractivity (Wildman–Crippen MR) is 118 cm³/mol. The Hall–Kier alpha value is -2.99. The molecule has 0 aliphatic rings. The first kappa shape index (κ1) is 22.3. The van der Waals surface area contributed by atoms with E-state index in [9.17, 15) is 4.79 Å². The van der Waals surface area contributed by atoms with Crippen LogP contribution in [-0.4, -0.2) is 39.8 Å². The number of carbonyl (C=O) groups is 1. The van der Waals surface area contributed by atoms with Gasteiger partial charge in [0.05, 0.1) is 21.3 Å². The van der Waals surface area contributed by atoms with E-state index < -0.39 is 0 Å². The van der Waals surface area contributed by atoms with Crippen molar-refractivity contribution in [1.82, 2.24) is 5.32 Å². The highest BCUT2D eigenvalue weighted by Gasteiger charge is 2.19. The summed E-state index contributed by atoms with van der Waals surface area (Å²) in [5.74, 6) is 1.72. The maximum absolute atomic E-state index is 12.9. The van der Waals surface area contributed by atoms with E-state index in [2.05, 4.69) is 5.32 Å². The van der Waals surface area contributed by atoms with Crippen LogP contribution in [0.2, 0.25) is 0 Å². The van der Waals surface area contributed by atoms with E-state index in [1.165, 1.54) is 0 Å². The summed E-state index contributed by atoms with van der Waals surface area (Å²) in [4.78, 5) is 12.9. The number of hydrogen-bond donors (Lipinski definition) is 2. The molecular weight excluding hydrogens is 368 g/mol. The van der Waals surface area contributed by atoms with Crippen LogP contribution in [0, 0.1) is 6.92 Å². The number of amides is 1. The summed E-state index contributed by atoms with van der Waals surface area (Å²) in [6.45, 7) is 4.17. The van der Waals surface area contributed by atoms with Crippen LogP contribution in [-0.2, 0) is 0 Å². The molecule has 1 unspecified atom stereocenters. The van der Waals surface area contributed by atoms with Crippen LogP contribution < -0.4 is 25.3 Å². The van der Waals surface area contributed by atoms with Crippen molar-refractivity contribution in [3.05, 3.63) is 59.2 Å². The van der Waals surface area contributed by atoms with Gasteiger partial charge in [-0.25, -0.2) is 0 Å². The summed E-state index contributed by atoms with van der Waals surface area (Å²) in [6, 6.07) is 11.1. The van der Waals surface area contributed by atoms with E-state index in [1.807, 2.05) is 44.2 Å². The molecule has 6 nitrogen and oxygen atoms in total. The summed E-state index contributed by atoms with van der Waals surface area (Å²) in [5, 5.41) is 3.04. The molecule has 0 saturated heterocycles. The van der Waals surface area contributed by atoms with Gasteiger partial charge in [-0.1, -0.05) is 18.2 Å². The Bertz CT molecular complexity index is 866. The van der Waals surface area contributed by atoms with Crippen molar-refractivity contribution in [3.8, 4) is 17.2 Å². The van der Waals surface area contributed by atoms with Crippen LogP contribution in [0.1, 0.15) is 36.3 Å². The number of allylic oxidation sites excluding steroid dienone is 1.